The Morgan fingerprint density at radius 2 is 1.00 bits per heavy atom. The first-order valence-corrected chi connectivity index (χ1v) is 6.23. The fraction of sp³-hybridized carbons (Fsp3) is 0.824. The molecule has 0 heterocycles. The fourth-order valence-corrected chi connectivity index (χ4v) is 1.13. The van der Waals surface area contributed by atoms with E-state index in [2.05, 4.69) is 13.3 Å². The molecular formula is C17H45Y4. The number of hydrogen-bond donors (Lipinski definition) is 0. The van der Waals surface area contributed by atoms with E-state index < -0.39 is 0 Å². The van der Waals surface area contributed by atoms with Crippen molar-refractivity contribution < 1.29 is 131 Å². The molecule has 1 atom stereocenters. The van der Waals surface area contributed by atoms with E-state index in [0.29, 0.717) is 0 Å². The van der Waals surface area contributed by atoms with Crippen molar-refractivity contribution in [3.8, 4) is 0 Å². The van der Waals surface area contributed by atoms with Gasteiger partial charge in [-0.2, -0.15) is 12.3 Å². The SMILES string of the molecule is C.C.CC.CC.CC.CC1[CH-]CCCC1.[CH3-].[CH3-].[Y+3].[Y].[Y].[Y]. The molecule has 1 aliphatic rings. The molecule has 4 heteroatoms. The second kappa shape index (κ2) is 86.8. The smallest absolute Gasteiger partial charge is 0.358 e. The standard InChI is InChI=1S/C7H13.3C2H6.2CH4.2CH3.4Y/c1-7-5-3-2-4-6-7;3*1-2;;;;;;;;/h5,7H,2-4,6H2,1H3;3*1-2H3;2*1H4;2*1H3;;;;/q-1;;;;;;2*-1;;;;+3. The summed E-state index contributed by atoms with van der Waals surface area (Å²) in [4.78, 5) is 0. The minimum atomic E-state index is 0. The summed E-state index contributed by atoms with van der Waals surface area (Å²) in [7, 11) is 0. The van der Waals surface area contributed by atoms with Crippen LogP contribution in [0.1, 0.15) is 89.0 Å². The molecule has 0 spiro atoms. The summed E-state index contributed by atoms with van der Waals surface area (Å²) >= 11 is 0. The summed E-state index contributed by atoms with van der Waals surface area (Å²) in [6.45, 7) is 14.3. The Morgan fingerprint density at radius 3 is 1.10 bits per heavy atom. The van der Waals surface area contributed by atoms with Gasteiger partial charge in [-0.1, -0.05) is 82.6 Å². The number of hydrogen-bond acceptors (Lipinski definition) is 0. The average molecular weight is 605 g/mol. The maximum atomic E-state index is 2.43. The van der Waals surface area contributed by atoms with E-state index in [9.17, 15) is 0 Å². The van der Waals surface area contributed by atoms with Crippen LogP contribution in [0, 0.1) is 27.2 Å². The van der Waals surface area contributed by atoms with Gasteiger partial charge in [0.15, 0.2) is 0 Å². The second-order valence-corrected chi connectivity index (χ2v) is 2.50. The first-order valence-electron chi connectivity index (χ1n) is 6.23. The predicted molar refractivity (Wildman–Crippen MR) is 92.3 cm³/mol. The third kappa shape index (κ3) is 79.6. The first-order chi connectivity index (χ1) is 6.39. The molecule has 0 aromatic rings. The summed E-state index contributed by atoms with van der Waals surface area (Å²) in [5.41, 5.74) is 0. The van der Waals surface area contributed by atoms with Gasteiger partial charge in [-0.15, -0.1) is 0 Å². The molecule has 0 nitrogen and oxygen atoms in total. The van der Waals surface area contributed by atoms with Crippen molar-refractivity contribution in [2.75, 3.05) is 0 Å². The van der Waals surface area contributed by atoms with Gasteiger partial charge in [0.05, 0.1) is 0 Å². The van der Waals surface area contributed by atoms with E-state index in [1.165, 1.54) is 25.7 Å². The largest absolute Gasteiger partial charge is 3.00 e. The Hall–Kier alpha value is 4.42. The summed E-state index contributed by atoms with van der Waals surface area (Å²) in [5, 5.41) is 0. The van der Waals surface area contributed by atoms with Crippen molar-refractivity contribution >= 4 is 0 Å². The van der Waals surface area contributed by atoms with Crippen molar-refractivity contribution in [1.29, 1.82) is 0 Å². The third-order valence-corrected chi connectivity index (χ3v) is 1.68. The zero-order valence-electron chi connectivity index (χ0n) is 15.3. The van der Waals surface area contributed by atoms with Gasteiger partial charge in [0, 0.05) is 98.1 Å². The van der Waals surface area contributed by atoms with E-state index in [1.54, 1.807) is 0 Å². The van der Waals surface area contributed by atoms with Crippen LogP contribution in [0.2, 0.25) is 0 Å². The molecule has 1 unspecified atom stereocenters. The molecule has 0 aliphatic heterocycles. The van der Waals surface area contributed by atoms with Gasteiger partial charge in [0.1, 0.15) is 0 Å². The zero-order valence-corrected chi connectivity index (χ0v) is 26.6. The molecule has 0 N–H and O–H groups in total. The predicted octanol–water partition coefficient (Wildman–Crippen LogP) is 7.64. The summed E-state index contributed by atoms with van der Waals surface area (Å²) < 4.78 is 0. The van der Waals surface area contributed by atoms with Crippen LogP contribution in [0.4, 0.5) is 0 Å². The number of rotatable bonds is 0. The summed E-state index contributed by atoms with van der Waals surface area (Å²) in [6.07, 6.45) is 8.12. The van der Waals surface area contributed by atoms with Gasteiger partial charge in [0.2, 0.25) is 0 Å². The van der Waals surface area contributed by atoms with E-state index in [-0.39, 0.29) is 161 Å². The van der Waals surface area contributed by atoms with Crippen LogP contribution >= 0.6 is 0 Å². The molecule has 3 radical (unpaired) electrons. The van der Waals surface area contributed by atoms with E-state index >= 15 is 0 Å². The van der Waals surface area contributed by atoms with Crippen molar-refractivity contribution in [2.24, 2.45) is 5.92 Å². The molecule has 21 heavy (non-hydrogen) atoms. The van der Waals surface area contributed by atoms with Crippen LogP contribution < -0.4 is 0 Å². The van der Waals surface area contributed by atoms with E-state index in [1.807, 2.05) is 41.5 Å². The van der Waals surface area contributed by atoms with Gasteiger partial charge in [-0.3, -0.25) is 0 Å². The molecule has 0 aromatic heterocycles. The maximum absolute atomic E-state index is 2.43. The summed E-state index contributed by atoms with van der Waals surface area (Å²) in [6, 6.07) is 0. The third-order valence-electron chi connectivity index (χ3n) is 1.68. The fourth-order valence-electron chi connectivity index (χ4n) is 1.13. The monoisotopic (exact) mass is 605 g/mol. The van der Waals surface area contributed by atoms with Crippen LogP contribution in [0.15, 0.2) is 0 Å². The molecule has 1 fully saturated rings. The molecule has 0 saturated heterocycles. The Kier molecular flexibility index (Phi) is 302. The van der Waals surface area contributed by atoms with Gasteiger partial charge >= 0.3 is 32.7 Å². The van der Waals surface area contributed by atoms with Crippen LogP contribution in [-0.2, 0) is 131 Å². The minimum absolute atomic E-state index is 0. The van der Waals surface area contributed by atoms with E-state index in [0.717, 1.165) is 5.92 Å². The zero-order chi connectivity index (χ0) is 11.1. The van der Waals surface area contributed by atoms with Crippen molar-refractivity contribution in [2.45, 2.75) is 89.0 Å². The Labute approximate surface area is 242 Å². The van der Waals surface area contributed by atoms with Crippen molar-refractivity contribution in [3.63, 3.8) is 0 Å². The molecule has 0 aromatic carbocycles. The quantitative estimate of drug-likeness (QED) is 0.249. The maximum Gasteiger partial charge on any atom is 3.00 e. The molecule has 1 rings (SSSR count). The molecular weight excluding hydrogens is 560 g/mol. The van der Waals surface area contributed by atoms with Gasteiger partial charge in [-0.25, -0.2) is 0 Å². The molecule has 0 amide bonds. The van der Waals surface area contributed by atoms with Crippen molar-refractivity contribution in [3.05, 3.63) is 21.3 Å². The first kappa shape index (κ1) is 72.9. The van der Waals surface area contributed by atoms with Crippen LogP contribution in [0.25, 0.3) is 0 Å². The Bertz CT molecular complexity index is 56.8. The summed E-state index contributed by atoms with van der Waals surface area (Å²) in [5.74, 6) is 0.911. The Balaban J connectivity index is -0.00000000731. The van der Waals surface area contributed by atoms with Gasteiger partial charge in [0.25, 0.3) is 0 Å². The molecule has 0 bridgehead atoms. The van der Waals surface area contributed by atoms with Crippen molar-refractivity contribution in [1.82, 2.24) is 0 Å². The van der Waals surface area contributed by atoms with Crippen LogP contribution in [-0.4, -0.2) is 0 Å². The second-order valence-electron chi connectivity index (χ2n) is 2.50. The van der Waals surface area contributed by atoms with Gasteiger partial charge in [-0.05, 0) is 0 Å². The van der Waals surface area contributed by atoms with Crippen LogP contribution in [0.5, 0.6) is 0 Å². The van der Waals surface area contributed by atoms with Gasteiger partial charge < -0.3 is 21.3 Å². The van der Waals surface area contributed by atoms with Crippen LogP contribution in [0.3, 0.4) is 0 Å². The minimum Gasteiger partial charge on any atom is -0.358 e. The van der Waals surface area contributed by atoms with E-state index in [4.69, 9.17) is 0 Å². The Morgan fingerprint density at radius 1 is 0.714 bits per heavy atom. The molecule has 1 aliphatic carbocycles. The topological polar surface area (TPSA) is 0 Å². The molecule has 1 saturated carbocycles. The average Bonchev–Trinajstić information content (AvgIpc) is 2.28. The molecule has 125 valence electrons. The normalized spacial score (nSPS) is 11.9.